The standard InChI is InChI=1S/C26H31N5O2.H2/c1-5-17(2)15-31-16-21(10-11-25(31)33)23-14-29-18(3)26(30-23)24(32)12-22(27)20-8-6-19(7-9-20)13-28-4;/h6-12,14,16-17,28H,5,13,15,27H2,1-4H3;1H/t17-;/m0./s1. The first kappa shape index (κ1) is 24.1. The molecule has 174 valence electrons. The highest BCUT2D eigenvalue weighted by molar-refractivity contribution is 6.07. The molecule has 2 heterocycles. The number of aromatic nitrogens is 3. The zero-order chi connectivity index (χ0) is 24.0. The highest BCUT2D eigenvalue weighted by Crippen LogP contribution is 2.18. The number of pyridine rings is 1. The van der Waals surface area contributed by atoms with Crippen LogP contribution < -0.4 is 16.6 Å². The van der Waals surface area contributed by atoms with Gasteiger partial charge < -0.3 is 15.6 Å². The summed E-state index contributed by atoms with van der Waals surface area (Å²) in [6.07, 6.45) is 5.76. The third kappa shape index (κ3) is 6.02. The molecule has 0 aliphatic heterocycles. The Kier molecular flexibility index (Phi) is 7.90. The summed E-state index contributed by atoms with van der Waals surface area (Å²) in [6.45, 7) is 7.32. The fraction of sp³-hybridized carbons (Fsp3) is 0.308. The molecule has 2 aromatic heterocycles. The van der Waals surface area contributed by atoms with E-state index in [0.717, 1.165) is 29.7 Å². The van der Waals surface area contributed by atoms with Gasteiger partial charge in [0.1, 0.15) is 5.69 Å². The molecule has 0 bridgehead atoms. The number of carbonyl (C=O) groups is 1. The van der Waals surface area contributed by atoms with Gasteiger partial charge in [0, 0.05) is 44.1 Å². The molecule has 0 amide bonds. The van der Waals surface area contributed by atoms with E-state index in [-0.39, 0.29) is 18.5 Å². The molecule has 3 rings (SSSR count). The Balaban J connectivity index is 0.00000408. The maximum absolute atomic E-state index is 13.0. The molecule has 0 aliphatic carbocycles. The lowest BCUT2D eigenvalue weighted by molar-refractivity contribution is 0.104. The maximum atomic E-state index is 13.0. The SMILES string of the molecule is CC[C@H](C)Cn1cc(-c2cnc(C)c(C(=O)C=C(N)c3ccc(CNC)cc3)n2)ccc1=O.[HH]. The van der Waals surface area contributed by atoms with Crippen LogP contribution in [0.5, 0.6) is 0 Å². The van der Waals surface area contributed by atoms with Gasteiger partial charge in [-0.1, -0.05) is 44.5 Å². The topological polar surface area (TPSA) is 103 Å². The summed E-state index contributed by atoms with van der Waals surface area (Å²) in [7, 11) is 1.89. The number of nitrogens with two attached hydrogens (primary N) is 1. The monoisotopic (exact) mass is 447 g/mol. The summed E-state index contributed by atoms with van der Waals surface area (Å²) in [4.78, 5) is 34.2. The first-order chi connectivity index (χ1) is 15.8. The first-order valence-electron chi connectivity index (χ1n) is 11.1. The Morgan fingerprint density at radius 2 is 1.97 bits per heavy atom. The number of ketones is 1. The summed E-state index contributed by atoms with van der Waals surface area (Å²) in [6, 6.07) is 11.0. The molecule has 3 aromatic rings. The van der Waals surface area contributed by atoms with Crippen LogP contribution in [0.25, 0.3) is 17.0 Å². The molecule has 1 atom stereocenters. The summed E-state index contributed by atoms with van der Waals surface area (Å²) in [5, 5.41) is 3.10. The highest BCUT2D eigenvalue weighted by Gasteiger charge is 2.14. The second-order valence-corrected chi connectivity index (χ2v) is 8.30. The normalized spacial score (nSPS) is 12.5. The van der Waals surface area contributed by atoms with E-state index in [9.17, 15) is 9.59 Å². The summed E-state index contributed by atoms with van der Waals surface area (Å²) < 4.78 is 1.68. The van der Waals surface area contributed by atoms with Gasteiger partial charge in [-0.15, -0.1) is 0 Å². The van der Waals surface area contributed by atoms with Crippen molar-refractivity contribution >= 4 is 11.5 Å². The van der Waals surface area contributed by atoms with Gasteiger partial charge in [0.2, 0.25) is 5.78 Å². The van der Waals surface area contributed by atoms with Gasteiger partial charge >= 0.3 is 0 Å². The number of carbonyl (C=O) groups excluding carboxylic acids is 1. The van der Waals surface area contributed by atoms with Crippen molar-refractivity contribution in [3.05, 3.63) is 87.7 Å². The number of hydrogen-bond donors (Lipinski definition) is 2. The fourth-order valence-corrected chi connectivity index (χ4v) is 3.42. The van der Waals surface area contributed by atoms with Gasteiger partial charge in [-0.05, 0) is 37.1 Å². The quantitative estimate of drug-likeness (QED) is 0.382. The summed E-state index contributed by atoms with van der Waals surface area (Å²) in [5.41, 5.74) is 10.4. The van der Waals surface area contributed by atoms with Crippen molar-refractivity contribution < 1.29 is 6.22 Å². The Hall–Kier alpha value is -3.58. The number of benzene rings is 1. The van der Waals surface area contributed by atoms with Crippen LogP contribution in [-0.4, -0.2) is 27.4 Å². The Morgan fingerprint density at radius 3 is 2.64 bits per heavy atom. The van der Waals surface area contributed by atoms with Crippen LogP contribution in [0.2, 0.25) is 0 Å². The zero-order valence-electron chi connectivity index (χ0n) is 19.6. The van der Waals surface area contributed by atoms with E-state index in [0.29, 0.717) is 29.5 Å². The van der Waals surface area contributed by atoms with Crippen LogP contribution in [0.15, 0.2) is 59.7 Å². The minimum Gasteiger partial charge on any atom is -0.398 e. The molecule has 7 heteroatoms. The third-order valence-electron chi connectivity index (χ3n) is 5.63. The fourth-order valence-electron chi connectivity index (χ4n) is 3.42. The average Bonchev–Trinajstić information content (AvgIpc) is 2.81. The number of aryl methyl sites for hydroxylation is 1. The second kappa shape index (κ2) is 10.8. The van der Waals surface area contributed by atoms with Crippen molar-refractivity contribution in [2.75, 3.05) is 7.05 Å². The van der Waals surface area contributed by atoms with E-state index in [4.69, 9.17) is 5.73 Å². The van der Waals surface area contributed by atoms with E-state index in [2.05, 4.69) is 29.1 Å². The van der Waals surface area contributed by atoms with E-state index in [1.807, 2.05) is 31.3 Å². The number of hydrogen-bond acceptors (Lipinski definition) is 6. The van der Waals surface area contributed by atoms with Crippen molar-refractivity contribution in [2.45, 2.75) is 40.3 Å². The van der Waals surface area contributed by atoms with Crippen LogP contribution in [0.1, 0.15) is 49.0 Å². The summed E-state index contributed by atoms with van der Waals surface area (Å²) >= 11 is 0. The van der Waals surface area contributed by atoms with E-state index >= 15 is 0 Å². The predicted octanol–water partition coefficient (Wildman–Crippen LogP) is 3.81. The van der Waals surface area contributed by atoms with Crippen molar-refractivity contribution in [3.8, 4) is 11.3 Å². The largest absolute Gasteiger partial charge is 0.398 e. The molecule has 0 radical (unpaired) electrons. The zero-order valence-corrected chi connectivity index (χ0v) is 19.6. The molecule has 0 saturated heterocycles. The smallest absolute Gasteiger partial charge is 0.250 e. The third-order valence-corrected chi connectivity index (χ3v) is 5.63. The number of allylic oxidation sites excluding steroid dienone is 1. The molecule has 0 saturated carbocycles. The van der Waals surface area contributed by atoms with Gasteiger partial charge in [-0.2, -0.15) is 0 Å². The number of nitrogens with zero attached hydrogens (tertiary/aromatic N) is 3. The van der Waals surface area contributed by atoms with Crippen molar-refractivity contribution in [2.24, 2.45) is 11.7 Å². The summed E-state index contributed by atoms with van der Waals surface area (Å²) in [5.74, 6) is 0.0613. The van der Waals surface area contributed by atoms with Crippen LogP contribution in [0.4, 0.5) is 0 Å². The molecule has 7 nitrogen and oxygen atoms in total. The van der Waals surface area contributed by atoms with E-state index in [1.54, 1.807) is 30.0 Å². The highest BCUT2D eigenvalue weighted by atomic mass is 16.1. The molecule has 1 aromatic carbocycles. The van der Waals surface area contributed by atoms with Crippen molar-refractivity contribution in [1.29, 1.82) is 0 Å². The van der Waals surface area contributed by atoms with Crippen molar-refractivity contribution in [3.63, 3.8) is 0 Å². The molecular weight excluding hydrogens is 414 g/mol. The van der Waals surface area contributed by atoms with Crippen LogP contribution in [0, 0.1) is 12.8 Å². The second-order valence-electron chi connectivity index (χ2n) is 8.30. The Morgan fingerprint density at radius 1 is 1.24 bits per heavy atom. The lowest BCUT2D eigenvalue weighted by atomic mass is 10.1. The van der Waals surface area contributed by atoms with Gasteiger partial charge in [0.05, 0.1) is 17.6 Å². The maximum Gasteiger partial charge on any atom is 0.250 e. The van der Waals surface area contributed by atoms with E-state index in [1.165, 1.54) is 12.1 Å². The average molecular weight is 448 g/mol. The number of nitrogens with one attached hydrogen (secondary N) is 1. The van der Waals surface area contributed by atoms with Crippen molar-refractivity contribution in [1.82, 2.24) is 19.9 Å². The molecule has 3 N–H and O–H groups in total. The lowest BCUT2D eigenvalue weighted by Crippen LogP contribution is -2.21. The molecule has 33 heavy (non-hydrogen) atoms. The molecule has 0 unspecified atom stereocenters. The Bertz CT molecular complexity index is 1220. The van der Waals surface area contributed by atoms with E-state index < -0.39 is 0 Å². The molecule has 0 fully saturated rings. The molecular formula is C26H33N5O2. The Labute approximate surface area is 195 Å². The first-order valence-corrected chi connectivity index (χ1v) is 11.1. The van der Waals surface area contributed by atoms with Gasteiger partial charge in [-0.25, -0.2) is 4.98 Å². The minimum absolute atomic E-state index is 0. The molecule has 0 spiro atoms. The van der Waals surface area contributed by atoms with Gasteiger partial charge in [0.15, 0.2) is 0 Å². The van der Waals surface area contributed by atoms with Crippen LogP contribution in [-0.2, 0) is 13.1 Å². The minimum atomic E-state index is -0.313. The predicted molar refractivity (Wildman–Crippen MR) is 134 cm³/mol. The van der Waals surface area contributed by atoms with Crippen LogP contribution >= 0.6 is 0 Å². The lowest BCUT2D eigenvalue weighted by Gasteiger charge is -2.13. The van der Waals surface area contributed by atoms with Gasteiger partial charge in [0.25, 0.3) is 5.56 Å². The number of rotatable bonds is 9. The molecule has 0 aliphatic rings. The van der Waals surface area contributed by atoms with Crippen LogP contribution in [0.3, 0.4) is 0 Å². The van der Waals surface area contributed by atoms with Gasteiger partial charge in [-0.3, -0.25) is 14.6 Å².